The van der Waals surface area contributed by atoms with Gasteiger partial charge < -0.3 is 10.1 Å². The lowest BCUT2D eigenvalue weighted by molar-refractivity contribution is -0.116. The predicted octanol–water partition coefficient (Wildman–Crippen LogP) is 3.47. The molecular weight excluding hydrogens is 319 g/mol. The summed E-state index contributed by atoms with van der Waals surface area (Å²) in [6.45, 7) is 0. The number of hydrogen-bond acceptors (Lipinski definition) is 5. The number of carbonyl (C=O) groups is 2. The van der Waals surface area contributed by atoms with E-state index >= 15 is 0 Å². The van der Waals surface area contributed by atoms with Crippen molar-refractivity contribution in [1.82, 2.24) is 0 Å². The van der Waals surface area contributed by atoms with Gasteiger partial charge in [0.05, 0.1) is 18.5 Å². The number of anilines is 2. The number of halogens is 1. The summed E-state index contributed by atoms with van der Waals surface area (Å²) in [7, 11) is 1.53. The van der Waals surface area contributed by atoms with Gasteiger partial charge in [-0.05, 0) is 48.2 Å². The molecule has 1 aliphatic heterocycles. The van der Waals surface area contributed by atoms with E-state index in [1.165, 1.54) is 31.4 Å². The molecule has 1 fully saturated rings. The zero-order valence-electron chi connectivity index (χ0n) is 12.2. The van der Waals surface area contributed by atoms with Gasteiger partial charge in [-0.1, -0.05) is 12.1 Å². The van der Waals surface area contributed by atoms with Crippen LogP contribution in [-0.4, -0.2) is 23.6 Å². The van der Waals surface area contributed by atoms with Crippen LogP contribution in [0.25, 0.3) is 0 Å². The van der Waals surface area contributed by atoms with E-state index in [0.29, 0.717) is 17.1 Å². The molecule has 1 atom stereocenters. The standard InChI is InChI=1S/C16H13FN2O3S/c1-22-13-5-3-2-4-12(13)18-14-15(20)19(16(21)23-14)11-8-6-10(17)7-9-11/h2-9,14,18H,1H3. The van der Waals surface area contributed by atoms with Crippen molar-refractivity contribution in [1.29, 1.82) is 0 Å². The number of para-hydroxylation sites is 2. The number of imide groups is 1. The summed E-state index contributed by atoms with van der Waals surface area (Å²) in [5.74, 6) is -0.254. The summed E-state index contributed by atoms with van der Waals surface area (Å²) in [6, 6.07) is 12.3. The molecule has 1 N–H and O–H groups in total. The largest absolute Gasteiger partial charge is 0.495 e. The number of nitrogens with one attached hydrogen (secondary N) is 1. The lowest BCUT2D eigenvalue weighted by Gasteiger charge is -2.16. The fourth-order valence-corrected chi connectivity index (χ4v) is 3.12. The van der Waals surface area contributed by atoms with Crippen molar-refractivity contribution in [3.05, 3.63) is 54.3 Å². The molecule has 2 amide bonds. The highest BCUT2D eigenvalue weighted by atomic mass is 32.2. The first-order valence-electron chi connectivity index (χ1n) is 6.80. The third kappa shape index (κ3) is 3.00. The molecule has 0 radical (unpaired) electrons. The highest BCUT2D eigenvalue weighted by molar-refractivity contribution is 8.16. The number of rotatable bonds is 4. The lowest BCUT2D eigenvalue weighted by atomic mass is 10.2. The monoisotopic (exact) mass is 332 g/mol. The van der Waals surface area contributed by atoms with Crippen molar-refractivity contribution < 1.29 is 18.7 Å². The third-order valence-corrected chi connectivity index (χ3v) is 4.26. The maximum absolute atomic E-state index is 13.0. The van der Waals surface area contributed by atoms with Crippen LogP contribution in [0.5, 0.6) is 5.75 Å². The molecule has 1 saturated heterocycles. The summed E-state index contributed by atoms with van der Waals surface area (Å²) < 4.78 is 18.2. The van der Waals surface area contributed by atoms with E-state index in [2.05, 4.69) is 5.32 Å². The first-order chi connectivity index (χ1) is 11.1. The number of benzene rings is 2. The Bertz CT molecular complexity index is 751. The number of thioether (sulfide) groups is 1. The van der Waals surface area contributed by atoms with Gasteiger partial charge in [0.25, 0.3) is 11.1 Å². The molecule has 23 heavy (non-hydrogen) atoms. The summed E-state index contributed by atoms with van der Waals surface area (Å²) >= 11 is 0.872. The third-order valence-electron chi connectivity index (χ3n) is 3.32. The minimum atomic E-state index is -0.760. The van der Waals surface area contributed by atoms with E-state index in [9.17, 15) is 14.0 Å². The van der Waals surface area contributed by atoms with Crippen LogP contribution < -0.4 is 15.0 Å². The van der Waals surface area contributed by atoms with Crippen molar-refractivity contribution in [2.75, 3.05) is 17.3 Å². The Labute approximate surface area is 136 Å². The Balaban J connectivity index is 1.82. The van der Waals surface area contributed by atoms with Gasteiger partial charge in [-0.25, -0.2) is 9.29 Å². The SMILES string of the molecule is COc1ccccc1NC1SC(=O)N(c2ccc(F)cc2)C1=O. The fraction of sp³-hybridized carbons (Fsp3) is 0.125. The second kappa shape index (κ2) is 6.29. The zero-order chi connectivity index (χ0) is 16.4. The Hall–Kier alpha value is -2.54. The van der Waals surface area contributed by atoms with Gasteiger partial charge in [0, 0.05) is 0 Å². The quantitative estimate of drug-likeness (QED) is 0.929. The summed E-state index contributed by atoms with van der Waals surface area (Å²) in [4.78, 5) is 25.7. The van der Waals surface area contributed by atoms with Crippen LogP contribution in [0.15, 0.2) is 48.5 Å². The maximum Gasteiger partial charge on any atom is 0.295 e. The van der Waals surface area contributed by atoms with Crippen LogP contribution in [0.3, 0.4) is 0 Å². The number of hydrogen-bond donors (Lipinski definition) is 1. The molecule has 2 aromatic rings. The topological polar surface area (TPSA) is 58.6 Å². The Morgan fingerprint density at radius 2 is 1.83 bits per heavy atom. The van der Waals surface area contributed by atoms with Crippen molar-refractivity contribution in [3.63, 3.8) is 0 Å². The molecule has 7 heteroatoms. The fourth-order valence-electron chi connectivity index (χ4n) is 2.23. The van der Waals surface area contributed by atoms with Crippen LogP contribution in [0.1, 0.15) is 0 Å². The minimum Gasteiger partial charge on any atom is -0.495 e. The smallest absolute Gasteiger partial charge is 0.295 e. The van der Waals surface area contributed by atoms with Crippen LogP contribution in [0, 0.1) is 5.82 Å². The zero-order valence-corrected chi connectivity index (χ0v) is 13.0. The van der Waals surface area contributed by atoms with Gasteiger partial charge in [0.1, 0.15) is 11.6 Å². The number of carbonyl (C=O) groups excluding carboxylic acids is 2. The van der Waals surface area contributed by atoms with Crippen molar-refractivity contribution in [2.45, 2.75) is 5.37 Å². The molecule has 0 bridgehead atoms. The van der Waals surface area contributed by atoms with E-state index in [1.807, 2.05) is 6.07 Å². The Kier molecular flexibility index (Phi) is 4.20. The maximum atomic E-state index is 13.0. The van der Waals surface area contributed by atoms with Crippen molar-refractivity contribution in [2.24, 2.45) is 0 Å². The second-order valence-electron chi connectivity index (χ2n) is 4.76. The highest BCUT2D eigenvalue weighted by Gasteiger charge is 2.41. The first kappa shape index (κ1) is 15.4. The molecule has 0 aromatic heterocycles. The average Bonchev–Trinajstić information content (AvgIpc) is 2.83. The summed E-state index contributed by atoms with van der Waals surface area (Å²) in [5.41, 5.74) is 0.966. The van der Waals surface area contributed by atoms with E-state index in [-0.39, 0.29) is 0 Å². The molecule has 2 aromatic carbocycles. The normalized spacial score (nSPS) is 17.5. The van der Waals surface area contributed by atoms with Crippen LogP contribution in [-0.2, 0) is 4.79 Å². The number of amides is 2. The van der Waals surface area contributed by atoms with Gasteiger partial charge in [-0.3, -0.25) is 9.59 Å². The van der Waals surface area contributed by atoms with Gasteiger partial charge in [0.2, 0.25) is 0 Å². The van der Waals surface area contributed by atoms with Gasteiger partial charge in [-0.15, -0.1) is 0 Å². The molecule has 0 aliphatic carbocycles. The average molecular weight is 332 g/mol. The molecular formula is C16H13FN2O3S. The highest BCUT2D eigenvalue weighted by Crippen LogP contribution is 2.34. The molecule has 5 nitrogen and oxygen atoms in total. The number of ether oxygens (including phenoxy) is 1. The molecule has 3 rings (SSSR count). The molecule has 0 spiro atoms. The predicted molar refractivity (Wildman–Crippen MR) is 87.3 cm³/mol. The van der Waals surface area contributed by atoms with Gasteiger partial charge in [-0.2, -0.15) is 0 Å². The lowest BCUT2D eigenvalue weighted by Crippen LogP contribution is -2.34. The Morgan fingerprint density at radius 1 is 1.13 bits per heavy atom. The van der Waals surface area contributed by atoms with E-state index < -0.39 is 22.3 Å². The number of nitrogens with zero attached hydrogens (tertiary/aromatic N) is 1. The van der Waals surface area contributed by atoms with E-state index in [4.69, 9.17) is 4.74 Å². The van der Waals surface area contributed by atoms with E-state index in [0.717, 1.165) is 16.7 Å². The van der Waals surface area contributed by atoms with E-state index in [1.54, 1.807) is 18.2 Å². The molecule has 1 heterocycles. The van der Waals surface area contributed by atoms with Crippen LogP contribution >= 0.6 is 11.8 Å². The minimum absolute atomic E-state index is 0.346. The second-order valence-corrected chi connectivity index (χ2v) is 5.81. The van der Waals surface area contributed by atoms with Crippen LogP contribution in [0.2, 0.25) is 0 Å². The molecule has 1 unspecified atom stereocenters. The summed E-state index contributed by atoms with van der Waals surface area (Å²) in [6.07, 6.45) is 0. The Morgan fingerprint density at radius 3 is 2.52 bits per heavy atom. The van der Waals surface area contributed by atoms with Crippen LogP contribution in [0.4, 0.5) is 20.6 Å². The number of methoxy groups -OCH3 is 1. The summed E-state index contributed by atoms with van der Waals surface area (Å²) in [5, 5.41) is 1.83. The molecule has 118 valence electrons. The van der Waals surface area contributed by atoms with Gasteiger partial charge >= 0.3 is 0 Å². The molecule has 1 aliphatic rings. The van der Waals surface area contributed by atoms with Gasteiger partial charge in [0.15, 0.2) is 5.37 Å². The van der Waals surface area contributed by atoms with Crippen molar-refractivity contribution >= 4 is 34.3 Å². The molecule has 0 saturated carbocycles. The van der Waals surface area contributed by atoms with Crippen molar-refractivity contribution in [3.8, 4) is 5.75 Å². The first-order valence-corrected chi connectivity index (χ1v) is 7.68.